The van der Waals surface area contributed by atoms with Crippen molar-refractivity contribution in [1.29, 1.82) is 0 Å². The lowest BCUT2D eigenvalue weighted by Gasteiger charge is -2.30. The molecule has 1 atom stereocenters. The van der Waals surface area contributed by atoms with E-state index in [9.17, 15) is 9.59 Å². The first-order valence-electron chi connectivity index (χ1n) is 7.50. The first-order valence-corrected chi connectivity index (χ1v) is 8.32. The van der Waals surface area contributed by atoms with Crippen LogP contribution in [0.3, 0.4) is 0 Å². The van der Waals surface area contributed by atoms with E-state index in [1.165, 1.54) is 11.3 Å². The zero-order chi connectivity index (χ0) is 15.5. The van der Waals surface area contributed by atoms with Crippen molar-refractivity contribution >= 4 is 33.4 Å². The zero-order valence-corrected chi connectivity index (χ0v) is 13.3. The highest BCUT2D eigenvalue weighted by Crippen LogP contribution is 2.25. The minimum absolute atomic E-state index is 0.0878. The summed E-state index contributed by atoms with van der Waals surface area (Å²) in [5.74, 6) is -0.508. The third-order valence-corrected chi connectivity index (χ3v) is 4.83. The fourth-order valence-corrected chi connectivity index (χ4v) is 3.65. The number of ether oxygens (including phenoxy) is 1. The van der Waals surface area contributed by atoms with E-state index in [0.29, 0.717) is 24.7 Å². The number of aromatic nitrogens is 1. The molecule has 1 unspecified atom stereocenters. The zero-order valence-electron chi connectivity index (χ0n) is 12.4. The van der Waals surface area contributed by atoms with Crippen LogP contribution in [0.5, 0.6) is 0 Å². The molecule has 1 aromatic carbocycles. The van der Waals surface area contributed by atoms with Crippen molar-refractivity contribution < 1.29 is 14.3 Å². The second kappa shape index (κ2) is 6.44. The number of amides is 1. The summed E-state index contributed by atoms with van der Waals surface area (Å²) >= 11 is 1.40. The van der Waals surface area contributed by atoms with Crippen LogP contribution in [0.15, 0.2) is 24.3 Å². The summed E-state index contributed by atoms with van der Waals surface area (Å²) in [6.07, 6.45) is 1.60. The number of hydrogen-bond donors (Lipinski definition) is 0. The molecule has 2 aromatic rings. The van der Waals surface area contributed by atoms with Gasteiger partial charge in [0.25, 0.3) is 5.91 Å². The van der Waals surface area contributed by atoms with E-state index in [1.807, 2.05) is 24.3 Å². The van der Waals surface area contributed by atoms with Crippen molar-refractivity contribution in [2.24, 2.45) is 5.92 Å². The molecule has 116 valence electrons. The Bertz CT molecular complexity index is 665. The van der Waals surface area contributed by atoms with Crippen LogP contribution in [-0.2, 0) is 9.53 Å². The van der Waals surface area contributed by atoms with Crippen molar-refractivity contribution in [3.63, 3.8) is 0 Å². The summed E-state index contributed by atoms with van der Waals surface area (Å²) in [5.41, 5.74) is 0.842. The third-order valence-electron chi connectivity index (χ3n) is 3.81. The maximum absolute atomic E-state index is 12.6. The molecule has 3 rings (SSSR count). The van der Waals surface area contributed by atoms with Crippen LogP contribution in [-0.4, -0.2) is 41.5 Å². The van der Waals surface area contributed by atoms with Gasteiger partial charge < -0.3 is 9.64 Å². The van der Waals surface area contributed by atoms with Crippen molar-refractivity contribution in [1.82, 2.24) is 9.88 Å². The Labute approximate surface area is 132 Å². The predicted molar refractivity (Wildman–Crippen MR) is 84.9 cm³/mol. The molecule has 1 aliphatic rings. The lowest BCUT2D eigenvalue weighted by atomic mass is 9.98. The van der Waals surface area contributed by atoms with Crippen LogP contribution in [0, 0.1) is 5.92 Å². The van der Waals surface area contributed by atoms with Gasteiger partial charge in [0.15, 0.2) is 5.01 Å². The molecule has 1 saturated heterocycles. The van der Waals surface area contributed by atoms with Gasteiger partial charge in [0.1, 0.15) is 0 Å². The molecule has 0 N–H and O–H groups in total. The summed E-state index contributed by atoms with van der Waals surface area (Å²) in [5, 5.41) is 0.491. The number of rotatable bonds is 3. The van der Waals surface area contributed by atoms with Crippen LogP contribution in [0.25, 0.3) is 10.2 Å². The van der Waals surface area contributed by atoms with E-state index in [-0.39, 0.29) is 17.8 Å². The second-order valence-electron chi connectivity index (χ2n) is 5.33. The lowest BCUT2D eigenvalue weighted by molar-refractivity contribution is -0.149. The number of carbonyl (C=O) groups is 2. The van der Waals surface area contributed by atoms with Crippen molar-refractivity contribution in [3.8, 4) is 0 Å². The highest BCUT2D eigenvalue weighted by Gasteiger charge is 2.30. The van der Waals surface area contributed by atoms with Gasteiger partial charge in [0.05, 0.1) is 22.7 Å². The smallest absolute Gasteiger partial charge is 0.310 e. The van der Waals surface area contributed by atoms with Gasteiger partial charge in [-0.05, 0) is 31.9 Å². The standard InChI is InChI=1S/C16H18N2O3S/c1-2-21-16(20)11-6-5-9-18(10-11)15(19)14-17-12-7-3-4-8-13(12)22-14/h3-4,7-8,11H,2,5-6,9-10H2,1H3. The molecule has 6 heteroatoms. The van der Waals surface area contributed by atoms with Crippen LogP contribution >= 0.6 is 11.3 Å². The Kier molecular flexibility index (Phi) is 4.38. The molecule has 0 radical (unpaired) electrons. The Morgan fingerprint density at radius 3 is 3.00 bits per heavy atom. The largest absolute Gasteiger partial charge is 0.466 e. The van der Waals surface area contributed by atoms with E-state index in [2.05, 4.69) is 4.98 Å². The number of likely N-dealkylation sites (tertiary alicyclic amines) is 1. The summed E-state index contributed by atoms with van der Waals surface area (Å²) < 4.78 is 6.08. The highest BCUT2D eigenvalue weighted by atomic mass is 32.1. The predicted octanol–water partition coefficient (Wildman–Crippen LogP) is 2.71. The fraction of sp³-hybridized carbons (Fsp3) is 0.438. The summed E-state index contributed by atoms with van der Waals surface area (Å²) in [4.78, 5) is 30.6. The van der Waals surface area contributed by atoms with E-state index in [0.717, 1.165) is 23.1 Å². The van der Waals surface area contributed by atoms with E-state index in [1.54, 1.807) is 11.8 Å². The molecule has 1 amide bonds. The Balaban J connectivity index is 1.75. The second-order valence-corrected chi connectivity index (χ2v) is 6.36. The number of thiazole rings is 1. The fourth-order valence-electron chi connectivity index (χ4n) is 2.71. The number of piperidine rings is 1. The van der Waals surface area contributed by atoms with Crippen molar-refractivity contribution in [3.05, 3.63) is 29.3 Å². The van der Waals surface area contributed by atoms with Crippen molar-refractivity contribution in [2.45, 2.75) is 19.8 Å². The first-order chi connectivity index (χ1) is 10.7. The molecule has 5 nitrogen and oxygen atoms in total. The van der Waals surface area contributed by atoms with Gasteiger partial charge in [-0.15, -0.1) is 11.3 Å². The van der Waals surface area contributed by atoms with Crippen LogP contribution < -0.4 is 0 Å². The quantitative estimate of drug-likeness (QED) is 0.817. The van der Waals surface area contributed by atoms with Crippen molar-refractivity contribution in [2.75, 3.05) is 19.7 Å². The van der Waals surface area contributed by atoms with Crippen LogP contribution in [0.1, 0.15) is 29.6 Å². The molecule has 1 fully saturated rings. The Hall–Kier alpha value is -1.95. The SMILES string of the molecule is CCOC(=O)C1CCCN(C(=O)c2nc3ccccc3s2)C1. The van der Waals surface area contributed by atoms with Crippen LogP contribution in [0.4, 0.5) is 0 Å². The molecular formula is C16H18N2O3S. The molecule has 22 heavy (non-hydrogen) atoms. The molecule has 0 spiro atoms. The average molecular weight is 318 g/mol. The van der Waals surface area contributed by atoms with Gasteiger partial charge in [0, 0.05) is 13.1 Å². The maximum atomic E-state index is 12.6. The molecule has 2 heterocycles. The van der Waals surface area contributed by atoms with Gasteiger partial charge in [-0.25, -0.2) is 4.98 Å². The number of hydrogen-bond acceptors (Lipinski definition) is 5. The normalized spacial score (nSPS) is 18.4. The van der Waals surface area contributed by atoms with Gasteiger partial charge in [-0.1, -0.05) is 12.1 Å². The monoisotopic (exact) mass is 318 g/mol. The summed E-state index contributed by atoms with van der Waals surface area (Å²) in [6, 6.07) is 7.71. The van der Waals surface area contributed by atoms with Gasteiger partial charge >= 0.3 is 5.97 Å². The lowest BCUT2D eigenvalue weighted by Crippen LogP contribution is -2.42. The number of carbonyl (C=O) groups excluding carboxylic acids is 2. The van der Waals surface area contributed by atoms with E-state index >= 15 is 0 Å². The molecule has 0 bridgehead atoms. The Morgan fingerprint density at radius 1 is 1.41 bits per heavy atom. The number of fused-ring (bicyclic) bond motifs is 1. The first kappa shape index (κ1) is 15.0. The number of nitrogens with zero attached hydrogens (tertiary/aromatic N) is 2. The van der Waals surface area contributed by atoms with Gasteiger partial charge in [-0.2, -0.15) is 0 Å². The molecular weight excluding hydrogens is 300 g/mol. The number of para-hydroxylation sites is 1. The van der Waals surface area contributed by atoms with Gasteiger partial charge in [-0.3, -0.25) is 9.59 Å². The average Bonchev–Trinajstić information content (AvgIpc) is 2.98. The van der Waals surface area contributed by atoms with Gasteiger partial charge in [0.2, 0.25) is 0 Å². The molecule has 0 saturated carbocycles. The summed E-state index contributed by atoms with van der Waals surface area (Å²) in [6.45, 7) is 3.27. The number of benzene rings is 1. The minimum Gasteiger partial charge on any atom is -0.466 e. The summed E-state index contributed by atoms with van der Waals surface area (Å²) in [7, 11) is 0. The third kappa shape index (κ3) is 2.97. The number of esters is 1. The maximum Gasteiger partial charge on any atom is 0.310 e. The minimum atomic E-state index is -0.216. The Morgan fingerprint density at radius 2 is 2.23 bits per heavy atom. The molecule has 1 aromatic heterocycles. The molecule has 1 aliphatic heterocycles. The van der Waals surface area contributed by atoms with Crippen LogP contribution in [0.2, 0.25) is 0 Å². The van der Waals surface area contributed by atoms with E-state index in [4.69, 9.17) is 4.74 Å². The topological polar surface area (TPSA) is 59.5 Å². The molecule has 0 aliphatic carbocycles. The highest BCUT2D eigenvalue weighted by molar-refractivity contribution is 7.20. The van der Waals surface area contributed by atoms with E-state index < -0.39 is 0 Å².